The number of fused-ring (bicyclic) bond motifs is 1. The van der Waals surface area contributed by atoms with Crippen molar-refractivity contribution in [3.63, 3.8) is 0 Å². The van der Waals surface area contributed by atoms with Crippen LogP contribution in [0, 0.1) is 0 Å². The molecule has 3 aromatic rings. The molecule has 3 aromatic carbocycles. The van der Waals surface area contributed by atoms with Gasteiger partial charge in [-0.2, -0.15) is 5.10 Å². The van der Waals surface area contributed by atoms with Crippen molar-refractivity contribution < 1.29 is 4.74 Å². The molecular formula is C20H19N3OS. The van der Waals surface area contributed by atoms with Crippen LogP contribution in [0.2, 0.25) is 0 Å². The van der Waals surface area contributed by atoms with E-state index in [2.05, 4.69) is 28.0 Å². The molecule has 4 nitrogen and oxygen atoms in total. The molecule has 0 spiro atoms. The molecule has 0 atom stereocenters. The van der Waals surface area contributed by atoms with Gasteiger partial charge in [0.25, 0.3) is 0 Å². The van der Waals surface area contributed by atoms with Gasteiger partial charge in [-0.1, -0.05) is 48.5 Å². The molecule has 0 heterocycles. The Balaban J connectivity index is 1.78. The van der Waals surface area contributed by atoms with E-state index in [1.807, 2.05) is 61.5 Å². The fourth-order valence-electron chi connectivity index (χ4n) is 2.53. The van der Waals surface area contributed by atoms with Crippen LogP contribution in [0.15, 0.2) is 71.8 Å². The van der Waals surface area contributed by atoms with Gasteiger partial charge in [0.2, 0.25) is 0 Å². The lowest BCUT2D eigenvalue weighted by Crippen LogP contribution is -2.23. The topological polar surface area (TPSA) is 45.6 Å². The highest BCUT2D eigenvalue weighted by atomic mass is 32.1. The van der Waals surface area contributed by atoms with Gasteiger partial charge in [0.05, 0.1) is 12.8 Å². The third-order valence-corrected chi connectivity index (χ3v) is 3.82. The maximum Gasteiger partial charge on any atom is 0.191 e. The molecule has 0 bridgehead atoms. The van der Waals surface area contributed by atoms with Gasteiger partial charge in [-0.25, -0.2) is 0 Å². The summed E-state index contributed by atoms with van der Waals surface area (Å²) in [5.74, 6) is 0.800. The monoisotopic (exact) mass is 349 g/mol. The second kappa shape index (κ2) is 8.26. The Bertz CT molecular complexity index is 894. The lowest BCUT2D eigenvalue weighted by Gasteiger charge is -2.10. The number of hydrogen-bond acceptors (Lipinski definition) is 3. The van der Waals surface area contributed by atoms with Crippen LogP contribution in [-0.2, 0) is 0 Å². The van der Waals surface area contributed by atoms with Crippen molar-refractivity contribution in [2.24, 2.45) is 5.10 Å². The zero-order valence-corrected chi connectivity index (χ0v) is 14.7. The predicted molar refractivity (Wildman–Crippen MR) is 109 cm³/mol. The van der Waals surface area contributed by atoms with E-state index >= 15 is 0 Å². The molecule has 0 saturated heterocycles. The minimum Gasteiger partial charge on any atom is -0.493 e. The van der Waals surface area contributed by atoms with E-state index in [1.165, 1.54) is 0 Å². The van der Waals surface area contributed by atoms with Gasteiger partial charge in [-0.3, -0.25) is 5.43 Å². The first kappa shape index (κ1) is 16.9. The minimum atomic E-state index is 0.431. The highest BCUT2D eigenvalue weighted by molar-refractivity contribution is 7.80. The van der Waals surface area contributed by atoms with Gasteiger partial charge >= 0.3 is 0 Å². The Morgan fingerprint density at radius 1 is 1.04 bits per heavy atom. The van der Waals surface area contributed by atoms with E-state index in [0.717, 1.165) is 27.8 Å². The molecule has 0 saturated carbocycles. The van der Waals surface area contributed by atoms with Crippen LogP contribution >= 0.6 is 12.2 Å². The fraction of sp³-hybridized carbons (Fsp3) is 0.100. The molecule has 0 unspecified atom stereocenters. The first-order valence-electron chi connectivity index (χ1n) is 8.07. The standard InChI is InChI=1S/C20H19N3OS/c1-2-24-19-13-12-15-8-6-7-11-17(15)18(19)14-21-23-20(25)22-16-9-4-3-5-10-16/h3-14H,2H2,1H3,(H2,22,23,25)/b21-14+. The maximum absolute atomic E-state index is 5.73. The summed E-state index contributed by atoms with van der Waals surface area (Å²) in [6.07, 6.45) is 1.74. The summed E-state index contributed by atoms with van der Waals surface area (Å²) in [4.78, 5) is 0. The van der Waals surface area contributed by atoms with Gasteiger partial charge in [0.15, 0.2) is 5.11 Å². The lowest BCUT2D eigenvalue weighted by molar-refractivity contribution is 0.340. The van der Waals surface area contributed by atoms with Crippen LogP contribution < -0.4 is 15.5 Å². The van der Waals surface area contributed by atoms with Crippen molar-refractivity contribution in [3.8, 4) is 5.75 Å². The average molecular weight is 349 g/mol. The van der Waals surface area contributed by atoms with Crippen LogP contribution in [0.1, 0.15) is 12.5 Å². The predicted octanol–water partition coefficient (Wildman–Crippen LogP) is 4.56. The van der Waals surface area contributed by atoms with Crippen molar-refractivity contribution in [1.29, 1.82) is 0 Å². The van der Waals surface area contributed by atoms with E-state index in [0.29, 0.717) is 11.7 Å². The summed E-state index contributed by atoms with van der Waals surface area (Å²) in [5.41, 5.74) is 4.69. The summed E-state index contributed by atoms with van der Waals surface area (Å²) in [6, 6.07) is 21.9. The van der Waals surface area contributed by atoms with Gasteiger partial charge in [-0.05, 0) is 48.1 Å². The molecule has 0 radical (unpaired) electrons. The highest BCUT2D eigenvalue weighted by Gasteiger charge is 2.06. The number of ether oxygens (including phenoxy) is 1. The first-order valence-corrected chi connectivity index (χ1v) is 8.48. The molecular weight excluding hydrogens is 330 g/mol. The minimum absolute atomic E-state index is 0.431. The van der Waals surface area contributed by atoms with Crippen molar-refractivity contribution >= 4 is 40.0 Å². The molecule has 5 heteroatoms. The molecule has 0 aromatic heterocycles. The van der Waals surface area contributed by atoms with E-state index in [9.17, 15) is 0 Å². The zero-order valence-electron chi connectivity index (χ0n) is 13.9. The van der Waals surface area contributed by atoms with Crippen LogP contribution in [-0.4, -0.2) is 17.9 Å². The number of para-hydroxylation sites is 1. The Labute approximate surface area is 152 Å². The summed E-state index contributed by atoms with van der Waals surface area (Å²) in [5, 5.41) is 10.0. The second-order valence-corrected chi connectivity index (χ2v) is 5.73. The summed E-state index contributed by atoms with van der Waals surface area (Å²) >= 11 is 5.26. The second-order valence-electron chi connectivity index (χ2n) is 5.32. The number of rotatable bonds is 5. The average Bonchev–Trinajstić information content (AvgIpc) is 2.64. The van der Waals surface area contributed by atoms with Gasteiger partial charge in [-0.15, -0.1) is 0 Å². The van der Waals surface area contributed by atoms with Crippen molar-refractivity contribution in [1.82, 2.24) is 5.43 Å². The Morgan fingerprint density at radius 3 is 2.60 bits per heavy atom. The normalized spacial score (nSPS) is 10.8. The van der Waals surface area contributed by atoms with Crippen LogP contribution in [0.3, 0.4) is 0 Å². The third-order valence-electron chi connectivity index (χ3n) is 3.62. The fourth-order valence-corrected chi connectivity index (χ4v) is 2.70. The quantitative estimate of drug-likeness (QED) is 0.403. The number of nitrogens with one attached hydrogen (secondary N) is 2. The highest BCUT2D eigenvalue weighted by Crippen LogP contribution is 2.26. The van der Waals surface area contributed by atoms with Crippen molar-refractivity contribution in [2.75, 3.05) is 11.9 Å². The lowest BCUT2D eigenvalue weighted by atomic mass is 10.0. The molecule has 3 rings (SSSR count). The number of hydrazone groups is 1. The molecule has 2 N–H and O–H groups in total. The Morgan fingerprint density at radius 2 is 1.80 bits per heavy atom. The van der Waals surface area contributed by atoms with Gasteiger partial charge < -0.3 is 10.1 Å². The molecule has 0 aliphatic heterocycles. The third kappa shape index (κ3) is 4.33. The number of thiocarbonyl (C=S) groups is 1. The van der Waals surface area contributed by atoms with E-state index in [1.54, 1.807) is 6.21 Å². The van der Waals surface area contributed by atoms with Gasteiger partial charge in [0, 0.05) is 11.3 Å². The SMILES string of the molecule is CCOc1ccc2ccccc2c1/C=N/NC(=S)Nc1ccccc1. The molecule has 0 fully saturated rings. The van der Waals surface area contributed by atoms with Crippen LogP contribution in [0.25, 0.3) is 10.8 Å². The first-order chi connectivity index (χ1) is 12.3. The zero-order chi connectivity index (χ0) is 17.5. The van der Waals surface area contributed by atoms with Crippen molar-refractivity contribution in [3.05, 3.63) is 72.3 Å². The molecule has 25 heavy (non-hydrogen) atoms. The van der Waals surface area contributed by atoms with E-state index < -0.39 is 0 Å². The summed E-state index contributed by atoms with van der Waals surface area (Å²) < 4.78 is 5.73. The smallest absolute Gasteiger partial charge is 0.191 e. The Hall–Kier alpha value is -2.92. The molecule has 0 aliphatic carbocycles. The van der Waals surface area contributed by atoms with Crippen LogP contribution in [0.5, 0.6) is 5.75 Å². The van der Waals surface area contributed by atoms with E-state index in [-0.39, 0.29) is 0 Å². The largest absolute Gasteiger partial charge is 0.493 e. The number of nitrogens with zero attached hydrogens (tertiary/aromatic N) is 1. The molecule has 0 amide bonds. The van der Waals surface area contributed by atoms with Gasteiger partial charge in [0.1, 0.15) is 5.75 Å². The number of anilines is 1. The number of hydrogen-bond donors (Lipinski definition) is 2. The van der Waals surface area contributed by atoms with Crippen LogP contribution in [0.4, 0.5) is 5.69 Å². The number of benzene rings is 3. The summed E-state index contributed by atoms with van der Waals surface area (Å²) in [7, 11) is 0. The van der Waals surface area contributed by atoms with Crippen molar-refractivity contribution in [2.45, 2.75) is 6.92 Å². The summed E-state index contributed by atoms with van der Waals surface area (Å²) in [6.45, 7) is 2.56. The molecule has 0 aliphatic rings. The van der Waals surface area contributed by atoms with E-state index in [4.69, 9.17) is 17.0 Å². The maximum atomic E-state index is 5.73. The molecule has 126 valence electrons. The Kier molecular flexibility index (Phi) is 5.59.